The molecule has 5 nitrogen and oxygen atoms in total. The van der Waals surface area contributed by atoms with Gasteiger partial charge in [-0.3, -0.25) is 4.79 Å². The van der Waals surface area contributed by atoms with Crippen molar-refractivity contribution in [3.05, 3.63) is 61.1 Å². The van der Waals surface area contributed by atoms with E-state index >= 15 is 0 Å². The average molecular weight is 268 g/mol. The number of anilines is 2. The highest BCUT2D eigenvalue weighted by Gasteiger charge is 2.09. The summed E-state index contributed by atoms with van der Waals surface area (Å²) in [6.07, 6.45) is 4.66. The lowest BCUT2D eigenvalue weighted by Crippen LogP contribution is -2.24. The number of para-hydroxylation sites is 1. The number of nitrogens with one attached hydrogen (secondary N) is 1. The lowest BCUT2D eigenvalue weighted by atomic mass is 10.3. The van der Waals surface area contributed by atoms with Gasteiger partial charge in [0.1, 0.15) is 5.69 Å². The lowest BCUT2D eigenvalue weighted by Gasteiger charge is -2.17. The maximum absolute atomic E-state index is 11.7. The van der Waals surface area contributed by atoms with Crippen LogP contribution in [-0.2, 0) is 0 Å². The van der Waals surface area contributed by atoms with E-state index in [1.54, 1.807) is 12.3 Å². The summed E-state index contributed by atoms with van der Waals surface area (Å²) in [4.78, 5) is 22.0. The molecule has 0 atom stereocenters. The first-order chi connectivity index (χ1) is 9.72. The van der Waals surface area contributed by atoms with Crippen molar-refractivity contribution in [2.75, 3.05) is 18.5 Å². The molecule has 20 heavy (non-hydrogen) atoms. The summed E-state index contributed by atoms with van der Waals surface area (Å²) >= 11 is 0. The third-order valence-corrected chi connectivity index (χ3v) is 2.76. The molecule has 0 unspecified atom stereocenters. The molecule has 0 aliphatic rings. The molecule has 0 bridgehead atoms. The summed E-state index contributed by atoms with van der Waals surface area (Å²) in [6.45, 7) is 3.95. The third-order valence-electron chi connectivity index (χ3n) is 2.76. The van der Waals surface area contributed by atoms with E-state index in [-0.39, 0.29) is 11.6 Å². The van der Waals surface area contributed by atoms with Crippen LogP contribution in [0.1, 0.15) is 10.5 Å². The second kappa shape index (κ2) is 6.47. The molecule has 0 saturated heterocycles. The van der Waals surface area contributed by atoms with Gasteiger partial charge in [0.15, 0.2) is 5.82 Å². The molecule has 0 fully saturated rings. The molecule has 0 radical (unpaired) electrons. The minimum atomic E-state index is -0.258. The summed E-state index contributed by atoms with van der Waals surface area (Å²) in [6, 6.07) is 9.82. The predicted molar refractivity (Wildman–Crippen MR) is 79.1 cm³/mol. The van der Waals surface area contributed by atoms with E-state index < -0.39 is 0 Å². The summed E-state index contributed by atoms with van der Waals surface area (Å²) in [7, 11) is 1.90. The number of benzene rings is 1. The van der Waals surface area contributed by atoms with Gasteiger partial charge in [0.05, 0.1) is 12.4 Å². The van der Waals surface area contributed by atoms with Gasteiger partial charge in [-0.2, -0.15) is 0 Å². The minimum absolute atomic E-state index is 0.258. The highest BCUT2D eigenvalue weighted by molar-refractivity contribution is 5.92. The molecule has 1 heterocycles. The van der Waals surface area contributed by atoms with E-state index in [0.29, 0.717) is 12.4 Å². The van der Waals surface area contributed by atoms with Gasteiger partial charge in [-0.1, -0.05) is 24.3 Å². The van der Waals surface area contributed by atoms with Crippen LogP contribution in [0.5, 0.6) is 0 Å². The van der Waals surface area contributed by atoms with Crippen molar-refractivity contribution >= 4 is 17.4 Å². The first-order valence-electron chi connectivity index (χ1n) is 6.22. The number of hydrogen-bond donors (Lipinski definition) is 1. The van der Waals surface area contributed by atoms with Crippen LogP contribution in [0.2, 0.25) is 0 Å². The number of hydrogen-bond acceptors (Lipinski definition) is 4. The number of rotatable bonds is 5. The van der Waals surface area contributed by atoms with Gasteiger partial charge < -0.3 is 10.2 Å². The number of carbonyl (C=O) groups is 1. The van der Waals surface area contributed by atoms with Gasteiger partial charge >= 0.3 is 0 Å². The Labute approximate surface area is 118 Å². The van der Waals surface area contributed by atoms with E-state index in [4.69, 9.17) is 0 Å². The highest BCUT2D eigenvalue weighted by Crippen LogP contribution is 2.19. The summed E-state index contributed by atoms with van der Waals surface area (Å²) in [5, 5.41) is 2.66. The van der Waals surface area contributed by atoms with Gasteiger partial charge in [0.25, 0.3) is 5.91 Å². The Kier molecular flexibility index (Phi) is 4.44. The Morgan fingerprint density at radius 1 is 1.30 bits per heavy atom. The van der Waals surface area contributed by atoms with Crippen molar-refractivity contribution < 1.29 is 4.79 Å². The van der Waals surface area contributed by atoms with Gasteiger partial charge in [-0.05, 0) is 12.1 Å². The van der Waals surface area contributed by atoms with Gasteiger partial charge in [-0.15, -0.1) is 6.58 Å². The highest BCUT2D eigenvalue weighted by atomic mass is 16.1. The average Bonchev–Trinajstić information content (AvgIpc) is 2.53. The first kappa shape index (κ1) is 13.7. The normalized spacial score (nSPS) is 9.85. The van der Waals surface area contributed by atoms with Crippen LogP contribution in [0, 0.1) is 0 Å². The van der Waals surface area contributed by atoms with Crippen LogP contribution in [0.3, 0.4) is 0 Å². The lowest BCUT2D eigenvalue weighted by molar-refractivity contribution is 0.0952. The predicted octanol–water partition coefficient (Wildman–Crippen LogP) is 2.16. The van der Waals surface area contributed by atoms with E-state index in [2.05, 4.69) is 21.9 Å². The van der Waals surface area contributed by atoms with Gasteiger partial charge in [-0.25, -0.2) is 9.97 Å². The second-order valence-electron chi connectivity index (χ2n) is 4.15. The van der Waals surface area contributed by atoms with Crippen LogP contribution < -0.4 is 10.2 Å². The van der Waals surface area contributed by atoms with Gasteiger partial charge in [0, 0.05) is 19.3 Å². The van der Waals surface area contributed by atoms with Crippen LogP contribution >= 0.6 is 0 Å². The van der Waals surface area contributed by atoms with Crippen LogP contribution in [0.25, 0.3) is 0 Å². The smallest absolute Gasteiger partial charge is 0.271 e. The summed E-state index contributed by atoms with van der Waals surface area (Å²) in [5.74, 6) is 0.419. The van der Waals surface area contributed by atoms with E-state index in [9.17, 15) is 4.79 Å². The van der Waals surface area contributed by atoms with E-state index in [1.807, 2.05) is 42.3 Å². The molecule has 2 aromatic rings. The van der Waals surface area contributed by atoms with Gasteiger partial charge in [0.2, 0.25) is 0 Å². The number of nitrogens with zero attached hydrogens (tertiary/aromatic N) is 3. The standard InChI is InChI=1S/C15H16N4O/c1-3-9-16-15(20)13-10-18-14(11-17-13)19(2)12-7-5-4-6-8-12/h3-8,10-11H,1,9H2,2H3,(H,16,20). The first-order valence-corrected chi connectivity index (χ1v) is 6.22. The van der Waals surface area contributed by atoms with Crippen LogP contribution in [-0.4, -0.2) is 29.5 Å². The van der Waals surface area contributed by atoms with Crippen molar-refractivity contribution in [2.45, 2.75) is 0 Å². The fraction of sp³-hybridized carbons (Fsp3) is 0.133. The molecule has 5 heteroatoms. The molecule has 102 valence electrons. The zero-order valence-corrected chi connectivity index (χ0v) is 11.3. The summed E-state index contributed by atoms with van der Waals surface area (Å²) < 4.78 is 0. The van der Waals surface area contributed by atoms with Crippen molar-refractivity contribution in [1.82, 2.24) is 15.3 Å². The number of carbonyl (C=O) groups excluding carboxylic acids is 1. The topological polar surface area (TPSA) is 58.1 Å². The van der Waals surface area contributed by atoms with E-state index in [1.165, 1.54) is 6.20 Å². The fourth-order valence-electron chi connectivity index (χ4n) is 1.65. The monoisotopic (exact) mass is 268 g/mol. The third kappa shape index (κ3) is 3.20. The van der Waals surface area contributed by atoms with Crippen molar-refractivity contribution in [3.8, 4) is 0 Å². The fourth-order valence-corrected chi connectivity index (χ4v) is 1.65. The number of aromatic nitrogens is 2. The molecule has 1 aromatic heterocycles. The Morgan fingerprint density at radius 2 is 2.05 bits per heavy atom. The van der Waals surface area contributed by atoms with Crippen LogP contribution in [0.4, 0.5) is 11.5 Å². The van der Waals surface area contributed by atoms with Crippen LogP contribution in [0.15, 0.2) is 55.4 Å². The Balaban J connectivity index is 2.12. The molecule has 0 aliphatic carbocycles. The second-order valence-corrected chi connectivity index (χ2v) is 4.15. The Bertz CT molecular complexity index is 581. The molecule has 1 amide bonds. The Morgan fingerprint density at radius 3 is 2.65 bits per heavy atom. The van der Waals surface area contributed by atoms with Crippen molar-refractivity contribution in [3.63, 3.8) is 0 Å². The molecule has 0 spiro atoms. The zero-order valence-electron chi connectivity index (χ0n) is 11.3. The maximum Gasteiger partial charge on any atom is 0.271 e. The molecule has 0 saturated carbocycles. The van der Waals surface area contributed by atoms with Crippen molar-refractivity contribution in [2.24, 2.45) is 0 Å². The molecule has 1 N–H and O–H groups in total. The quantitative estimate of drug-likeness (QED) is 0.844. The largest absolute Gasteiger partial charge is 0.347 e. The molecular formula is C15H16N4O. The Hall–Kier alpha value is -2.69. The maximum atomic E-state index is 11.7. The van der Waals surface area contributed by atoms with E-state index in [0.717, 1.165) is 5.69 Å². The SMILES string of the molecule is C=CCNC(=O)c1cnc(N(C)c2ccccc2)cn1. The molecule has 0 aliphatic heterocycles. The molecule has 2 rings (SSSR count). The molecular weight excluding hydrogens is 252 g/mol. The molecule has 1 aromatic carbocycles. The zero-order chi connectivity index (χ0) is 14.4. The summed E-state index contributed by atoms with van der Waals surface area (Å²) in [5.41, 5.74) is 1.29. The number of amides is 1. The minimum Gasteiger partial charge on any atom is -0.347 e. The van der Waals surface area contributed by atoms with Crippen molar-refractivity contribution in [1.29, 1.82) is 0 Å².